The lowest BCUT2D eigenvalue weighted by Crippen LogP contribution is -2.56. The van der Waals surface area contributed by atoms with Gasteiger partial charge in [-0.05, 0) is 45.1 Å². The van der Waals surface area contributed by atoms with Gasteiger partial charge in [0.1, 0.15) is 0 Å². The van der Waals surface area contributed by atoms with E-state index in [2.05, 4.69) is 18.7 Å². The van der Waals surface area contributed by atoms with Gasteiger partial charge in [0, 0.05) is 12.1 Å². The van der Waals surface area contributed by atoms with Gasteiger partial charge in [0.25, 0.3) is 0 Å². The van der Waals surface area contributed by atoms with Crippen LogP contribution < -0.4 is 0 Å². The van der Waals surface area contributed by atoms with Crippen LogP contribution in [0.4, 0.5) is 0 Å². The summed E-state index contributed by atoms with van der Waals surface area (Å²) in [5, 5.41) is 9.06. The fourth-order valence-corrected chi connectivity index (χ4v) is 3.00. The first-order chi connectivity index (χ1) is 7.11. The molecule has 86 valence electrons. The molecule has 0 aromatic rings. The lowest BCUT2D eigenvalue weighted by Gasteiger charge is -2.49. The van der Waals surface area contributed by atoms with Crippen LogP contribution in [0, 0.1) is 11.8 Å². The molecule has 0 amide bonds. The van der Waals surface area contributed by atoms with Crippen LogP contribution in [-0.2, 0) is 4.79 Å². The van der Waals surface area contributed by atoms with Gasteiger partial charge in [-0.25, -0.2) is 0 Å². The van der Waals surface area contributed by atoms with Crippen molar-refractivity contribution in [1.29, 1.82) is 0 Å². The summed E-state index contributed by atoms with van der Waals surface area (Å²) in [5.41, 5.74) is 0. The summed E-state index contributed by atoms with van der Waals surface area (Å²) in [6.07, 6.45) is 4.47. The van der Waals surface area contributed by atoms with Crippen LogP contribution in [0.15, 0.2) is 0 Å². The van der Waals surface area contributed by atoms with Crippen molar-refractivity contribution in [2.45, 2.75) is 51.6 Å². The number of rotatable bonds is 2. The summed E-state index contributed by atoms with van der Waals surface area (Å²) in [6, 6.07) is 0.881. The van der Waals surface area contributed by atoms with Crippen molar-refractivity contribution < 1.29 is 9.90 Å². The number of carboxylic acid groups (broad SMARTS) is 1. The highest BCUT2D eigenvalue weighted by Crippen LogP contribution is 2.37. The van der Waals surface area contributed by atoms with E-state index < -0.39 is 5.97 Å². The number of aliphatic carboxylic acids is 1. The van der Waals surface area contributed by atoms with Gasteiger partial charge < -0.3 is 5.11 Å². The minimum absolute atomic E-state index is 0.0993. The fraction of sp³-hybridized carbons (Fsp3) is 0.917. The monoisotopic (exact) mass is 211 g/mol. The molecular formula is C12H21NO2. The summed E-state index contributed by atoms with van der Waals surface area (Å²) in [5.74, 6) is 0.0169. The SMILES string of the molecule is CC1CCCN(C2CCC2C(=O)O)C1C. The van der Waals surface area contributed by atoms with Crippen LogP contribution in [-0.4, -0.2) is 34.6 Å². The molecule has 2 fully saturated rings. The number of piperidine rings is 1. The van der Waals surface area contributed by atoms with Gasteiger partial charge in [-0.2, -0.15) is 0 Å². The Balaban J connectivity index is 2.00. The van der Waals surface area contributed by atoms with Crippen molar-refractivity contribution in [3.05, 3.63) is 0 Å². The lowest BCUT2D eigenvalue weighted by molar-refractivity contribution is -0.150. The Morgan fingerprint density at radius 3 is 2.53 bits per heavy atom. The number of hydrogen-bond acceptors (Lipinski definition) is 2. The second kappa shape index (κ2) is 4.12. The van der Waals surface area contributed by atoms with Gasteiger partial charge in [0.15, 0.2) is 0 Å². The zero-order valence-electron chi connectivity index (χ0n) is 9.65. The van der Waals surface area contributed by atoms with Crippen molar-refractivity contribution in [2.75, 3.05) is 6.54 Å². The highest BCUT2D eigenvalue weighted by Gasteiger charge is 2.43. The molecule has 15 heavy (non-hydrogen) atoms. The summed E-state index contributed by atoms with van der Waals surface area (Å²) in [7, 11) is 0. The molecular weight excluding hydrogens is 190 g/mol. The predicted octanol–water partition coefficient (Wildman–Crippen LogP) is 1.97. The minimum atomic E-state index is -0.600. The van der Waals surface area contributed by atoms with E-state index in [0.29, 0.717) is 18.0 Å². The van der Waals surface area contributed by atoms with Crippen molar-refractivity contribution in [3.63, 3.8) is 0 Å². The van der Waals surface area contributed by atoms with Gasteiger partial charge in [-0.3, -0.25) is 9.69 Å². The quantitative estimate of drug-likeness (QED) is 0.759. The largest absolute Gasteiger partial charge is 0.481 e. The van der Waals surface area contributed by atoms with Gasteiger partial charge in [-0.15, -0.1) is 0 Å². The summed E-state index contributed by atoms with van der Waals surface area (Å²) < 4.78 is 0. The Bertz CT molecular complexity index is 254. The van der Waals surface area contributed by atoms with Gasteiger partial charge >= 0.3 is 5.97 Å². The molecule has 0 spiro atoms. The minimum Gasteiger partial charge on any atom is -0.481 e. The molecule has 0 aromatic carbocycles. The molecule has 1 saturated heterocycles. The van der Waals surface area contributed by atoms with E-state index in [1.165, 1.54) is 12.8 Å². The number of hydrogen-bond donors (Lipinski definition) is 1. The molecule has 3 nitrogen and oxygen atoms in total. The Morgan fingerprint density at radius 1 is 1.27 bits per heavy atom. The fourth-order valence-electron chi connectivity index (χ4n) is 3.00. The molecule has 3 heteroatoms. The molecule has 2 aliphatic rings. The molecule has 0 radical (unpaired) electrons. The van der Waals surface area contributed by atoms with E-state index in [9.17, 15) is 4.79 Å². The number of nitrogens with zero attached hydrogens (tertiary/aromatic N) is 1. The van der Waals surface area contributed by atoms with E-state index in [1.54, 1.807) is 0 Å². The number of carboxylic acids is 1. The number of likely N-dealkylation sites (tertiary alicyclic amines) is 1. The van der Waals surface area contributed by atoms with Crippen LogP contribution in [0.1, 0.15) is 39.5 Å². The molecule has 1 N–H and O–H groups in total. The van der Waals surface area contributed by atoms with Crippen LogP contribution in [0.3, 0.4) is 0 Å². The second-order valence-electron chi connectivity index (χ2n) is 5.19. The molecule has 1 heterocycles. The maximum atomic E-state index is 11.0. The topological polar surface area (TPSA) is 40.5 Å². The van der Waals surface area contributed by atoms with E-state index in [1.807, 2.05) is 0 Å². The normalized spacial score (nSPS) is 42.3. The first kappa shape index (κ1) is 10.9. The first-order valence-corrected chi connectivity index (χ1v) is 6.10. The smallest absolute Gasteiger partial charge is 0.308 e. The summed E-state index contributed by atoms with van der Waals surface area (Å²) in [6.45, 7) is 5.63. The number of carbonyl (C=O) groups is 1. The first-order valence-electron chi connectivity index (χ1n) is 6.10. The third-order valence-corrected chi connectivity index (χ3v) is 4.40. The zero-order chi connectivity index (χ0) is 11.0. The Labute approximate surface area is 91.5 Å². The van der Waals surface area contributed by atoms with Crippen molar-refractivity contribution in [1.82, 2.24) is 4.90 Å². The third kappa shape index (κ3) is 1.89. The van der Waals surface area contributed by atoms with E-state index >= 15 is 0 Å². The Hall–Kier alpha value is -0.570. The summed E-state index contributed by atoms with van der Waals surface area (Å²) in [4.78, 5) is 13.4. The van der Waals surface area contributed by atoms with Crippen molar-refractivity contribution >= 4 is 5.97 Å². The molecule has 0 aromatic heterocycles. The maximum absolute atomic E-state index is 11.0. The zero-order valence-corrected chi connectivity index (χ0v) is 9.65. The van der Waals surface area contributed by atoms with Crippen LogP contribution in [0.2, 0.25) is 0 Å². The van der Waals surface area contributed by atoms with Crippen LogP contribution >= 0.6 is 0 Å². The van der Waals surface area contributed by atoms with Crippen molar-refractivity contribution in [3.8, 4) is 0 Å². The van der Waals surface area contributed by atoms with Gasteiger partial charge in [-0.1, -0.05) is 6.92 Å². The Morgan fingerprint density at radius 2 is 2.00 bits per heavy atom. The highest BCUT2D eigenvalue weighted by molar-refractivity contribution is 5.72. The molecule has 1 saturated carbocycles. The highest BCUT2D eigenvalue weighted by atomic mass is 16.4. The van der Waals surface area contributed by atoms with E-state index in [4.69, 9.17) is 5.11 Å². The van der Waals surface area contributed by atoms with E-state index in [-0.39, 0.29) is 5.92 Å². The average Bonchev–Trinajstić information content (AvgIpc) is 2.10. The molecule has 2 rings (SSSR count). The Kier molecular flexibility index (Phi) is 3.01. The van der Waals surface area contributed by atoms with Crippen LogP contribution in [0.25, 0.3) is 0 Å². The molecule has 4 atom stereocenters. The molecule has 4 unspecified atom stereocenters. The van der Waals surface area contributed by atoms with Crippen LogP contribution in [0.5, 0.6) is 0 Å². The molecule has 1 aliphatic heterocycles. The standard InChI is InChI=1S/C12H21NO2/c1-8-4-3-7-13(9(8)2)11-6-5-10(11)12(14)15/h8-11H,3-7H2,1-2H3,(H,14,15). The average molecular weight is 211 g/mol. The second-order valence-corrected chi connectivity index (χ2v) is 5.19. The predicted molar refractivity (Wildman–Crippen MR) is 58.7 cm³/mol. The van der Waals surface area contributed by atoms with E-state index in [0.717, 1.165) is 19.4 Å². The van der Waals surface area contributed by atoms with Crippen molar-refractivity contribution in [2.24, 2.45) is 11.8 Å². The third-order valence-electron chi connectivity index (χ3n) is 4.40. The van der Waals surface area contributed by atoms with Gasteiger partial charge in [0.05, 0.1) is 5.92 Å². The lowest BCUT2D eigenvalue weighted by atomic mass is 9.76. The molecule has 0 bridgehead atoms. The summed E-state index contributed by atoms with van der Waals surface area (Å²) >= 11 is 0. The maximum Gasteiger partial charge on any atom is 0.308 e. The molecule has 1 aliphatic carbocycles. The van der Waals surface area contributed by atoms with Gasteiger partial charge in [0.2, 0.25) is 0 Å².